The van der Waals surface area contributed by atoms with Crippen LogP contribution >= 0.6 is 0 Å². The highest BCUT2D eigenvalue weighted by atomic mass is 16.3. The van der Waals surface area contributed by atoms with Crippen LogP contribution in [0.1, 0.15) is 31.7 Å². The highest BCUT2D eigenvalue weighted by molar-refractivity contribution is 5.76. The zero-order chi connectivity index (χ0) is 13.4. The molecule has 0 aliphatic heterocycles. The van der Waals surface area contributed by atoms with E-state index in [9.17, 15) is 9.90 Å². The number of carbonyl (C=O) groups excluding carboxylic acids is 1. The van der Waals surface area contributed by atoms with E-state index in [0.29, 0.717) is 19.3 Å². The van der Waals surface area contributed by atoms with Crippen molar-refractivity contribution in [1.29, 1.82) is 0 Å². The van der Waals surface area contributed by atoms with Crippen LogP contribution in [0, 0.1) is 0 Å². The van der Waals surface area contributed by atoms with Gasteiger partial charge in [-0.05, 0) is 30.9 Å². The molecule has 4 nitrogen and oxygen atoms in total. The van der Waals surface area contributed by atoms with Crippen molar-refractivity contribution < 1.29 is 15.0 Å². The van der Waals surface area contributed by atoms with E-state index in [-0.39, 0.29) is 24.3 Å². The summed E-state index contributed by atoms with van der Waals surface area (Å²) in [6, 6.07) is 7.06. The molecule has 0 fully saturated rings. The number of hydrogen-bond donors (Lipinski definition) is 3. The van der Waals surface area contributed by atoms with E-state index >= 15 is 0 Å². The average Bonchev–Trinajstić information content (AvgIpc) is 2.37. The Labute approximate surface area is 108 Å². The number of aryl methyl sites for hydroxylation is 1. The Balaban J connectivity index is 2.39. The Morgan fingerprint density at radius 3 is 2.72 bits per heavy atom. The fraction of sp³-hybridized carbons (Fsp3) is 0.500. The molecule has 1 rings (SSSR count). The first-order chi connectivity index (χ1) is 8.67. The molecule has 0 aromatic heterocycles. The summed E-state index contributed by atoms with van der Waals surface area (Å²) in [6.45, 7) is 2.06. The van der Waals surface area contributed by atoms with E-state index < -0.39 is 0 Å². The fourth-order valence-corrected chi connectivity index (χ4v) is 1.80. The number of nitrogens with one attached hydrogen (secondary N) is 1. The Morgan fingerprint density at radius 1 is 1.39 bits per heavy atom. The second kappa shape index (κ2) is 7.71. The van der Waals surface area contributed by atoms with Crippen molar-refractivity contribution in [3.63, 3.8) is 0 Å². The van der Waals surface area contributed by atoms with Crippen LogP contribution in [0.2, 0.25) is 0 Å². The first-order valence-electron chi connectivity index (χ1n) is 6.34. The van der Waals surface area contributed by atoms with Gasteiger partial charge < -0.3 is 15.5 Å². The summed E-state index contributed by atoms with van der Waals surface area (Å²) in [5, 5.41) is 21.3. The molecule has 100 valence electrons. The number of rotatable bonds is 7. The Morgan fingerprint density at radius 2 is 2.11 bits per heavy atom. The standard InChI is InChI=1S/C14H21NO3/c1-2-12(9-10-16)15-14(18)8-7-11-5-3-4-6-13(11)17/h3-6,12,16-17H,2,7-10H2,1H3,(H,15,18). The average molecular weight is 251 g/mol. The summed E-state index contributed by atoms with van der Waals surface area (Å²) in [5.74, 6) is 0.186. The highest BCUT2D eigenvalue weighted by Crippen LogP contribution is 2.17. The number of carbonyl (C=O) groups is 1. The van der Waals surface area contributed by atoms with Gasteiger partial charge >= 0.3 is 0 Å². The molecule has 1 unspecified atom stereocenters. The van der Waals surface area contributed by atoms with Gasteiger partial charge in [-0.25, -0.2) is 0 Å². The van der Waals surface area contributed by atoms with Crippen molar-refractivity contribution in [3.8, 4) is 5.75 Å². The Kier molecular flexibility index (Phi) is 6.22. The van der Waals surface area contributed by atoms with Gasteiger partial charge in [-0.3, -0.25) is 4.79 Å². The summed E-state index contributed by atoms with van der Waals surface area (Å²) < 4.78 is 0. The van der Waals surface area contributed by atoms with Gasteiger partial charge in [0, 0.05) is 19.1 Å². The Hall–Kier alpha value is -1.55. The predicted octanol–water partition coefficient (Wildman–Crippen LogP) is 1.60. The first kappa shape index (κ1) is 14.5. The molecule has 0 bridgehead atoms. The van der Waals surface area contributed by atoms with Gasteiger partial charge in [0.15, 0.2) is 0 Å². The molecule has 0 spiro atoms. The van der Waals surface area contributed by atoms with Gasteiger partial charge in [0.25, 0.3) is 0 Å². The minimum Gasteiger partial charge on any atom is -0.508 e. The van der Waals surface area contributed by atoms with Crippen molar-refractivity contribution in [1.82, 2.24) is 5.32 Å². The second-order valence-corrected chi connectivity index (χ2v) is 4.31. The molecular formula is C14H21NO3. The normalized spacial score (nSPS) is 12.1. The van der Waals surface area contributed by atoms with Crippen LogP contribution < -0.4 is 5.32 Å². The third kappa shape index (κ3) is 4.75. The SMILES string of the molecule is CCC(CCO)NC(=O)CCc1ccccc1O. The maximum Gasteiger partial charge on any atom is 0.220 e. The zero-order valence-corrected chi connectivity index (χ0v) is 10.7. The van der Waals surface area contributed by atoms with Crippen LogP contribution in [0.15, 0.2) is 24.3 Å². The summed E-state index contributed by atoms with van der Waals surface area (Å²) in [6.07, 6.45) is 2.26. The topological polar surface area (TPSA) is 69.6 Å². The van der Waals surface area contributed by atoms with Gasteiger partial charge in [-0.15, -0.1) is 0 Å². The number of aliphatic hydroxyl groups excluding tert-OH is 1. The van der Waals surface area contributed by atoms with Crippen molar-refractivity contribution >= 4 is 5.91 Å². The van der Waals surface area contributed by atoms with Crippen LogP contribution in [0.3, 0.4) is 0 Å². The lowest BCUT2D eigenvalue weighted by molar-refractivity contribution is -0.121. The van der Waals surface area contributed by atoms with Crippen molar-refractivity contribution in [3.05, 3.63) is 29.8 Å². The van der Waals surface area contributed by atoms with E-state index in [1.807, 2.05) is 19.1 Å². The third-order valence-corrected chi connectivity index (χ3v) is 2.95. The number of amides is 1. The lowest BCUT2D eigenvalue weighted by Crippen LogP contribution is -2.35. The van der Waals surface area contributed by atoms with Crippen LogP contribution in [-0.4, -0.2) is 28.8 Å². The fourth-order valence-electron chi connectivity index (χ4n) is 1.80. The number of benzene rings is 1. The van der Waals surface area contributed by atoms with Gasteiger partial charge in [-0.2, -0.15) is 0 Å². The Bertz CT molecular complexity index is 379. The molecule has 1 aromatic rings. The molecule has 0 heterocycles. The van der Waals surface area contributed by atoms with Gasteiger partial charge in [0.2, 0.25) is 5.91 Å². The van der Waals surface area contributed by atoms with Crippen LogP contribution in [0.4, 0.5) is 0 Å². The number of hydrogen-bond acceptors (Lipinski definition) is 3. The lowest BCUT2D eigenvalue weighted by Gasteiger charge is -2.15. The summed E-state index contributed by atoms with van der Waals surface area (Å²) >= 11 is 0. The number of aromatic hydroxyl groups is 1. The molecular weight excluding hydrogens is 230 g/mol. The van der Waals surface area contributed by atoms with Crippen molar-refractivity contribution in [2.75, 3.05) is 6.61 Å². The quantitative estimate of drug-likeness (QED) is 0.689. The molecule has 0 radical (unpaired) electrons. The van der Waals surface area contributed by atoms with Gasteiger partial charge in [-0.1, -0.05) is 25.1 Å². The van der Waals surface area contributed by atoms with E-state index in [1.165, 1.54) is 0 Å². The first-order valence-corrected chi connectivity index (χ1v) is 6.34. The predicted molar refractivity (Wildman–Crippen MR) is 70.4 cm³/mol. The molecule has 0 aliphatic rings. The largest absolute Gasteiger partial charge is 0.508 e. The van der Waals surface area contributed by atoms with E-state index in [2.05, 4.69) is 5.32 Å². The number of para-hydroxylation sites is 1. The monoisotopic (exact) mass is 251 g/mol. The van der Waals surface area contributed by atoms with Crippen molar-refractivity contribution in [2.45, 2.75) is 38.6 Å². The van der Waals surface area contributed by atoms with E-state index in [1.54, 1.807) is 12.1 Å². The molecule has 3 N–H and O–H groups in total. The molecule has 1 amide bonds. The van der Waals surface area contributed by atoms with Gasteiger partial charge in [0.1, 0.15) is 5.75 Å². The third-order valence-electron chi connectivity index (χ3n) is 2.95. The summed E-state index contributed by atoms with van der Waals surface area (Å²) in [5.41, 5.74) is 0.780. The highest BCUT2D eigenvalue weighted by Gasteiger charge is 2.10. The molecule has 0 aliphatic carbocycles. The van der Waals surface area contributed by atoms with Crippen molar-refractivity contribution in [2.24, 2.45) is 0 Å². The molecule has 4 heteroatoms. The zero-order valence-electron chi connectivity index (χ0n) is 10.7. The number of phenols is 1. The summed E-state index contributed by atoms with van der Waals surface area (Å²) in [4.78, 5) is 11.7. The smallest absolute Gasteiger partial charge is 0.220 e. The van der Waals surface area contributed by atoms with E-state index in [0.717, 1.165) is 12.0 Å². The van der Waals surface area contributed by atoms with E-state index in [4.69, 9.17) is 5.11 Å². The molecule has 1 aromatic carbocycles. The molecule has 0 saturated heterocycles. The second-order valence-electron chi connectivity index (χ2n) is 4.31. The number of phenolic OH excluding ortho intramolecular Hbond substituents is 1. The maximum atomic E-state index is 11.7. The van der Waals surface area contributed by atoms with Crippen LogP contribution in [0.5, 0.6) is 5.75 Å². The summed E-state index contributed by atoms with van der Waals surface area (Å²) in [7, 11) is 0. The lowest BCUT2D eigenvalue weighted by atomic mass is 10.1. The van der Waals surface area contributed by atoms with Crippen LogP contribution in [0.25, 0.3) is 0 Å². The molecule has 1 atom stereocenters. The number of aliphatic hydroxyl groups is 1. The maximum absolute atomic E-state index is 11.7. The minimum absolute atomic E-state index is 0.0341. The van der Waals surface area contributed by atoms with Crippen LogP contribution in [-0.2, 0) is 11.2 Å². The molecule has 18 heavy (non-hydrogen) atoms. The molecule has 0 saturated carbocycles. The van der Waals surface area contributed by atoms with Gasteiger partial charge in [0.05, 0.1) is 0 Å². The minimum atomic E-state index is -0.0430.